The maximum atomic E-state index is 10.9. The van der Waals surface area contributed by atoms with E-state index < -0.39 is 0 Å². The Morgan fingerprint density at radius 3 is 3.00 bits per heavy atom. The summed E-state index contributed by atoms with van der Waals surface area (Å²) in [6.07, 6.45) is 2.31. The van der Waals surface area contributed by atoms with Crippen LogP contribution in [0.3, 0.4) is 0 Å². The molecule has 0 amide bonds. The molecule has 0 bridgehead atoms. The van der Waals surface area contributed by atoms with Gasteiger partial charge in [-0.1, -0.05) is 11.6 Å². The normalized spacial score (nSPS) is 10.1. The van der Waals surface area contributed by atoms with Crippen LogP contribution < -0.4 is 0 Å². The summed E-state index contributed by atoms with van der Waals surface area (Å²) in [6, 6.07) is 1.74. The van der Waals surface area contributed by atoms with E-state index in [2.05, 4.69) is 9.72 Å². The molecule has 82 valence electrons. The molecule has 0 fully saturated rings. The Kier molecular flexibility index (Phi) is 4.52. The lowest BCUT2D eigenvalue weighted by Crippen LogP contribution is -2.04. The number of esters is 1. The average molecular weight is 230 g/mol. The highest BCUT2D eigenvalue weighted by molar-refractivity contribution is 6.30. The molecule has 1 rings (SSSR count). The number of aryl methyl sites for hydroxylation is 1. The Balaban J connectivity index is 2.76. The van der Waals surface area contributed by atoms with E-state index in [1.54, 1.807) is 12.3 Å². The van der Waals surface area contributed by atoms with Crippen LogP contribution in [0.5, 0.6) is 0 Å². The highest BCUT2D eigenvalue weighted by Crippen LogP contribution is 2.18. The van der Waals surface area contributed by atoms with Crippen LogP contribution in [-0.2, 0) is 22.6 Å². The zero-order valence-electron chi connectivity index (χ0n) is 8.36. The molecule has 0 saturated carbocycles. The third-order valence-electron chi connectivity index (χ3n) is 2.08. The van der Waals surface area contributed by atoms with E-state index in [0.29, 0.717) is 12.0 Å². The van der Waals surface area contributed by atoms with E-state index in [4.69, 9.17) is 16.7 Å². The van der Waals surface area contributed by atoms with E-state index in [1.165, 1.54) is 7.11 Å². The van der Waals surface area contributed by atoms with Crippen molar-refractivity contribution < 1.29 is 14.6 Å². The van der Waals surface area contributed by atoms with Crippen LogP contribution in [0.2, 0.25) is 5.15 Å². The lowest BCUT2D eigenvalue weighted by molar-refractivity contribution is -0.140. The van der Waals surface area contributed by atoms with Crippen LogP contribution in [0.25, 0.3) is 0 Å². The molecule has 0 spiro atoms. The number of aromatic nitrogens is 1. The Morgan fingerprint density at radius 2 is 2.40 bits per heavy atom. The Labute approximate surface area is 92.8 Å². The lowest BCUT2D eigenvalue weighted by Gasteiger charge is -2.07. The molecule has 1 aromatic rings. The van der Waals surface area contributed by atoms with Crippen molar-refractivity contribution in [1.29, 1.82) is 0 Å². The molecule has 0 aliphatic rings. The molecule has 5 heteroatoms. The second-order valence-corrected chi connectivity index (χ2v) is 3.33. The number of methoxy groups -OCH3 is 1. The number of pyridine rings is 1. The summed E-state index contributed by atoms with van der Waals surface area (Å²) in [5, 5.41) is 9.36. The smallest absolute Gasteiger partial charge is 0.305 e. The summed E-state index contributed by atoms with van der Waals surface area (Å²) in [6.45, 7) is -0.177. The van der Waals surface area contributed by atoms with E-state index in [1.807, 2.05) is 0 Å². The number of halogens is 1. The zero-order chi connectivity index (χ0) is 11.3. The Morgan fingerprint density at radius 1 is 1.67 bits per heavy atom. The minimum Gasteiger partial charge on any atom is -0.469 e. The SMILES string of the molecule is COC(=O)CCc1ccnc(Cl)c1CO. The molecule has 0 aliphatic heterocycles. The highest BCUT2D eigenvalue weighted by atomic mass is 35.5. The molecule has 0 atom stereocenters. The van der Waals surface area contributed by atoms with Crippen molar-refractivity contribution in [2.24, 2.45) is 0 Å². The third kappa shape index (κ3) is 3.18. The van der Waals surface area contributed by atoms with Gasteiger partial charge in [-0.05, 0) is 18.1 Å². The van der Waals surface area contributed by atoms with E-state index in [-0.39, 0.29) is 24.2 Å². The molecular formula is C10H12ClNO3. The molecule has 0 aliphatic carbocycles. The van der Waals surface area contributed by atoms with Crippen molar-refractivity contribution in [3.05, 3.63) is 28.5 Å². The fourth-order valence-electron chi connectivity index (χ4n) is 1.24. The van der Waals surface area contributed by atoms with Crippen molar-refractivity contribution in [2.75, 3.05) is 7.11 Å². The third-order valence-corrected chi connectivity index (χ3v) is 2.41. The van der Waals surface area contributed by atoms with Crippen molar-refractivity contribution in [3.8, 4) is 0 Å². The summed E-state index contributed by atoms with van der Waals surface area (Å²) in [5.41, 5.74) is 1.39. The molecule has 1 N–H and O–H groups in total. The van der Waals surface area contributed by atoms with Crippen molar-refractivity contribution in [3.63, 3.8) is 0 Å². The standard InChI is InChI=1S/C10H12ClNO3/c1-15-9(14)3-2-7-4-5-12-10(11)8(7)6-13/h4-5,13H,2-3,6H2,1H3. The maximum Gasteiger partial charge on any atom is 0.305 e. The van der Waals surface area contributed by atoms with Crippen LogP contribution in [0.15, 0.2) is 12.3 Å². The molecule has 0 radical (unpaired) electrons. The number of aliphatic hydroxyl groups excluding tert-OH is 1. The van der Waals surface area contributed by atoms with Gasteiger partial charge in [0.15, 0.2) is 0 Å². The quantitative estimate of drug-likeness (QED) is 0.625. The van der Waals surface area contributed by atoms with Crippen molar-refractivity contribution >= 4 is 17.6 Å². The van der Waals surface area contributed by atoms with Crippen LogP contribution in [0.4, 0.5) is 0 Å². The van der Waals surface area contributed by atoms with Gasteiger partial charge in [0.25, 0.3) is 0 Å². The van der Waals surface area contributed by atoms with Gasteiger partial charge < -0.3 is 9.84 Å². The van der Waals surface area contributed by atoms with Crippen molar-refractivity contribution in [2.45, 2.75) is 19.4 Å². The Hall–Kier alpha value is -1.13. The van der Waals surface area contributed by atoms with Gasteiger partial charge in [-0.3, -0.25) is 4.79 Å². The summed E-state index contributed by atoms with van der Waals surface area (Å²) >= 11 is 5.79. The predicted molar refractivity (Wildman–Crippen MR) is 55.5 cm³/mol. The molecule has 15 heavy (non-hydrogen) atoms. The monoisotopic (exact) mass is 229 g/mol. The van der Waals surface area contributed by atoms with Crippen LogP contribution >= 0.6 is 11.6 Å². The number of rotatable bonds is 4. The van der Waals surface area contributed by atoms with Gasteiger partial charge in [0, 0.05) is 18.2 Å². The maximum absolute atomic E-state index is 10.9. The number of ether oxygens (including phenoxy) is 1. The fraction of sp³-hybridized carbons (Fsp3) is 0.400. The number of nitrogens with zero attached hydrogens (tertiary/aromatic N) is 1. The molecule has 0 saturated heterocycles. The van der Waals surface area contributed by atoms with E-state index >= 15 is 0 Å². The predicted octanol–water partition coefficient (Wildman–Crippen LogP) is 1.33. The van der Waals surface area contributed by atoms with Gasteiger partial charge in [0.05, 0.1) is 13.7 Å². The number of carbonyl (C=O) groups excluding carboxylic acids is 1. The number of carbonyl (C=O) groups is 1. The highest BCUT2D eigenvalue weighted by Gasteiger charge is 2.09. The van der Waals surface area contributed by atoms with E-state index in [0.717, 1.165) is 5.56 Å². The summed E-state index contributed by atoms with van der Waals surface area (Å²) in [7, 11) is 1.34. The minimum atomic E-state index is -0.285. The van der Waals surface area contributed by atoms with Gasteiger partial charge in [-0.2, -0.15) is 0 Å². The first-order chi connectivity index (χ1) is 7.19. The Bertz CT molecular complexity index is 355. The molecule has 1 heterocycles. The number of aliphatic hydroxyl groups is 1. The van der Waals surface area contributed by atoms with Gasteiger partial charge in [-0.25, -0.2) is 4.98 Å². The van der Waals surface area contributed by atoms with Crippen LogP contribution in [0.1, 0.15) is 17.5 Å². The molecule has 0 aromatic carbocycles. The second kappa shape index (κ2) is 5.68. The first-order valence-corrected chi connectivity index (χ1v) is 4.86. The first-order valence-electron chi connectivity index (χ1n) is 4.49. The summed E-state index contributed by atoms with van der Waals surface area (Å²) in [4.78, 5) is 14.8. The van der Waals surface area contributed by atoms with Gasteiger partial charge in [0.2, 0.25) is 0 Å². The second-order valence-electron chi connectivity index (χ2n) is 2.97. The van der Waals surface area contributed by atoms with Gasteiger partial charge >= 0.3 is 5.97 Å². The number of hydrogen-bond acceptors (Lipinski definition) is 4. The fourth-order valence-corrected chi connectivity index (χ4v) is 1.48. The van der Waals surface area contributed by atoms with E-state index in [9.17, 15) is 4.79 Å². The minimum absolute atomic E-state index is 0.177. The largest absolute Gasteiger partial charge is 0.469 e. The zero-order valence-corrected chi connectivity index (χ0v) is 9.12. The molecular weight excluding hydrogens is 218 g/mol. The summed E-state index contributed by atoms with van der Waals surface area (Å²) < 4.78 is 4.53. The lowest BCUT2D eigenvalue weighted by atomic mass is 10.1. The first kappa shape index (κ1) is 11.9. The average Bonchev–Trinajstić information content (AvgIpc) is 2.25. The van der Waals surface area contributed by atoms with Crippen LogP contribution in [-0.4, -0.2) is 23.2 Å². The molecule has 0 unspecified atom stereocenters. The van der Waals surface area contributed by atoms with Gasteiger partial charge in [0.1, 0.15) is 5.15 Å². The number of hydrogen-bond donors (Lipinski definition) is 1. The molecule has 4 nitrogen and oxygen atoms in total. The topological polar surface area (TPSA) is 59.4 Å². The van der Waals surface area contributed by atoms with Gasteiger partial charge in [-0.15, -0.1) is 0 Å². The molecule has 1 aromatic heterocycles. The van der Waals surface area contributed by atoms with Crippen molar-refractivity contribution in [1.82, 2.24) is 4.98 Å². The van der Waals surface area contributed by atoms with Crippen LogP contribution in [0, 0.1) is 0 Å². The summed E-state index contributed by atoms with van der Waals surface area (Å²) in [5.74, 6) is -0.285.